The number of phenols is 1. The second kappa shape index (κ2) is 4.85. The molecule has 1 unspecified atom stereocenters. The predicted molar refractivity (Wildman–Crippen MR) is 65.6 cm³/mol. The van der Waals surface area contributed by atoms with Crippen LogP contribution in [0.5, 0.6) is 5.75 Å². The lowest BCUT2D eigenvalue weighted by atomic mass is 10.0. The fourth-order valence-corrected chi connectivity index (χ4v) is 2.33. The normalized spacial score (nSPS) is 18.4. The summed E-state index contributed by atoms with van der Waals surface area (Å²) in [6, 6.07) is 8.58. The Balaban J connectivity index is 2.12. The first-order valence-electron chi connectivity index (χ1n) is 5.97. The molecule has 3 heteroatoms. The van der Waals surface area contributed by atoms with E-state index in [-0.39, 0.29) is 0 Å². The van der Waals surface area contributed by atoms with Gasteiger partial charge in [-0.25, -0.2) is 0 Å². The second-order valence-corrected chi connectivity index (χ2v) is 4.41. The molecule has 1 aliphatic rings. The summed E-state index contributed by atoms with van der Waals surface area (Å²) in [5.74, 6) is 0.354. The molecular weight excluding hydrogens is 200 g/mol. The van der Waals surface area contributed by atoms with Gasteiger partial charge in [-0.3, -0.25) is 4.90 Å². The van der Waals surface area contributed by atoms with Crippen LogP contribution < -0.4 is 5.32 Å². The van der Waals surface area contributed by atoms with Crippen molar-refractivity contribution in [2.75, 3.05) is 19.6 Å². The van der Waals surface area contributed by atoms with Crippen molar-refractivity contribution in [3.05, 3.63) is 29.8 Å². The molecule has 0 saturated carbocycles. The zero-order valence-electron chi connectivity index (χ0n) is 9.98. The average Bonchev–Trinajstić information content (AvgIpc) is 2.22. The van der Waals surface area contributed by atoms with Crippen LogP contribution in [0.25, 0.3) is 0 Å². The molecule has 0 aliphatic carbocycles. The number of benzene rings is 1. The number of aromatic hydroxyl groups is 1. The Morgan fingerprint density at radius 3 is 2.75 bits per heavy atom. The van der Waals surface area contributed by atoms with E-state index in [1.807, 2.05) is 12.1 Å². The molecule has 2 N–H and O–H groups in total. The maximum atomic E-state index is 9.50. The van der Waals surface area contributed by atoms with Crippen LogP contribution in [0.3, 0.4) is 0 Å². The Kier molecular flexibility index (Phi) is 3.46. The third kappa shape index (κ3) is 2.20. The van der Waals surface area contributed by atoms with E-state index in [9.17, 15) is 5.11 Å². The molecule has 1 aromatic carbocycles. The summed E-state index contributed by atoms with van der Waals surface area (Å²) in [5, 5.41) is 12.8. The van der Waals surface area contributed by atoms with Crippen molar-refractivity contribution < 1.29 is 5.11 Å². The average molecular weight is 220 g/mol. The van der Waals surface area contributed by atoms with Gasteiger partial charge in [0.25, 0.3) is 0 Å². The summed E-state index contributed by atoms with van der Waals surface area (Å²) in [6.07, 6.45) is 0. The van der Waals surface area contributed by atoms with Crippen LogP contribution in [0.2, 0.25) is 0 Å². The maximum Gasteiger partial charge on any atom is 0.115 e. The van der Waals surface area contributed by atoms with Crippen LogP contribution in [-0.4, -0.2) is 35.7 Å². The van der Waals surface area contributed by atoms with Crippen molar-refractivity contribution in [2.24, 2.45) is 0 Å². The minimum Gasteiger partial charge on any atom is -0.508 e. The van der Waals surface area contributed by atoms with E-state index in [0.29, 0.717) is 17.8 Å². The minimum atomic E-state index is 0.354. The van der Waals surface area contributed by atoms with Crippen molar-refractivity contribution in [3.8, 4) is 5.75 Å². The summed E-state index contributed by atoms with van der Waals surface area (Å²) >= 11 is 0. The molecule has 0 aromatic heterocycles. The van der Waals surface area contributed by atoms with Crippen molar-refractivity contribution >= 4 is 0 Å². The molecule has 1 heterocycles. The lowest BCUT2D eigenvalue weighted by molar-refractivity contribution is 0.109. The SMILES string of the molecule is CCN(C1CNC1)C(C)c1cccc(O)c1. The van der Waals surface area contributed by atoms with Gasteiger partial charge in [0.15, 0.2) is 0 Å². The van der Waals surface area contributed by atoms with Gasteiger partial charge in [-0.2, -0.15) is 0 Å². The molecule has 1 aromatic rings. The monoisotopic (exact) mass is 220 g/mol. The predicted octanol–water partition coefficient (Wildman–Crippen LogP) is 1.75. The van der Waals surface area contributed by atoms with Crippen LogP contribution in [0.1, 0.15) is 25.5 Å². The van der Waals surface area contributed by atoms with E-state index < -0.39 is 0 Å². The summed E-state index contributed by atoms with van der Waals surface area (Å²) < 4.78 is 0. The summed E-state index contributed by atoms with van der Waals surface area (Å²) in [6.45, 7) is 7.60. The molecule has 1 aliphatic heterocycles. The molecular formula is C13H20N2O. The number of hydrogen-bond donors (Lipinski definition) is 2. The number of likely N-dealkylation sites (N-methyl/N-ethyl adjacent to an activating group) is 1. The van der Waals surface area contributed by atoms with Crippen molar-refractivity contribution in [1.82, 2.24) is 10.2 Å². The summed E-state index contributed by atoms with van der Waals surface area (Å²) in [7, 11) is 0. The Hall–Kier alpha value is -1.06. The van der Waals surface area contributed by atoms with Crippen LogP contribution in [0.4, 0.5) is 0 Å². The minimum absolute atomic E-state index is 0.354. The van der Waals surface area contributed by atoms with Gasteiger partial charge < -0.3 is 10.4 Å². The highest BCUT2D eigenvalue weighted by Gasteiger charge is 2.27. The highest BCUT2D eigenvalue weighted by Crippen LogP contribution is 2.25. The first-order valence-corrected chi connectivity index (χ1v) is 5.97. The molecule has 1 fully saturated rings. The summed E-state index contributed by atoms with van der Waals surface area (Å²) in [4.78, 5) is 2.48. The highest BCUT2D eigenvalue weighted by atomic mass is 16.3. The topological polar surface area (TPSA) is 35.5 Å². The number of nitrogens with zero attached hydrogens (tertiary/aromatic N) is 1. The molecule has 0 amide bonds. The highest BCUT2D eigenvalue weighted by molar-refractivity contribution is 5.29. The van der Waals surface area contributed by atoms with Gasteiger partial charge in [-0.1, -0.05) is 19.1 Å². The number of hydrogen-bond acceptors (Lipinski definition) is 3. The van der Waals surface area contributed by atoms with Crippen molar-refractivity contribution in [2.45, 2.75) is 25.9 Å². The van der Waals surface area contributed by atoms with Crippen LogP contribution in [0, 0.1) is 0 Å². The van der Waals surface area contributed by atoms with Crippen molar-refractivity contribution in [3.63, 3.8) is 0 Å². The van der Waals surface area contributed by atoms with Gasteiger partial charge in [-0.15, -0.1) is 0 Å². The van der Waals surface area contributed by atoms with E-state index in [1.165, 1.54) is 5.56 Å². The summed E-state index contributed by atoms with van der Waals surface area (Å²) in [5.41, 5.74) is 1.19. The van der Waals surface area contributed by atoms with E-state index in [1.54, 1.807) is 6.07 Å². The second-order valence-electron chi connectivity index (χ2n) is 4.41. The molecule has 3 nitrogen and oxygen atoms in total. The quantitative estimate of drug-likeness (QED) is 0.811. The Labute approximate surface area is 97.1 Å². The first kappa shape index (κ1) is 11.4. The molecule has 1 atom stereocenters. The van der Waals surface area contributed by atoms with Gasteiger partial charge in [-0.05, 0) is 31.2 Å². The van der Waals surface area contributed by atoms with Gasteiger partial charge in [0.1, 0.15) is 5.75 Å². The number of phenolic OH excluding ortho intramolecular Hbond substituents is 1. The van der Waals surface area contributed by atoms with Crippen LogP contribution >= 0.6 is 0 Å². The Morgan fingerprint density at radius 1 is 1.50 bits per heavy atom. The lowest BCUT2D eigenvalue weighted by Gasteiger charge is -2.41. The molecule has 1 saturated heterocycles. The van der Waals surface area contributed by atoms with Crippen LogP contribution in [0.15, 0.2) is 24.3 Å². The van der Waals surface area contributed by atoms with E-state index in [4.69, 9.17) is 0 Å². The lowest BCUT2D eigenvalue weighted by Crippen LogP contribution is -2.57. The van der Waals surface area contributed by atoms with E-state index in [0.717, 1.165) is 19.6 Å². The fraction of sp³-hybridized carbons (Fsp3) is 0.538. The number of rotatable bonds is 4. The van der Waals surface area contributed by atoms with Gasteiger partial charge in [0.2, 0.25) is 0 Å². The molecule has 0 radical (unpaired) electrons. The third-order valence-electron chi connectivity index (χ3n) is 3.44. The van der Waals surface area contributed by atoms with Gasteiger partial charge >= 0.3 is 0 Å². The molecule has 0 spiro atoms. The first-order chi connectivity index (χ1) is 7.72. The Morgan fingerprint density at radius 2 is 2.25 bits per heavy atom. The van der Waals surface area contributed by atoms with Gasteiger partial charge in [0, 0.05) is 25.2 Å². The maximum absolute atomic E-state index is 9.50. The van der Waals surface area contributed by atoms with E-state index in [2.05, 4.69) is 30.1 Å². The van der Waals surface area contributed by atoms with Crippen molar-refractivity contribution in [1.29, 1.82) is 0 Å². The Bertz CT molecular complexity index is 350. The number of nitrogens with one attached hydrogen (secondary N) is 1. The third-order valence-corrected chi connectivity index (χ3v) is 3.44. The van der Waals surface area contributed by atoms with Crippen LogP contribution in [-0.2, 0) is 0 Å². The fourth-order valence-electron chi connectivity index (χ4n) is 2.33. The zero-order valence-corrected chi connectivity index (χ0v) is 9.98. The molecule has 88 valence electrons. The molecule has 0 bridgehead atoms. The largest absolute Gasteiger partial charge is 0.508 e. The smallest absolute Gasteiger partial charge is 0.115 e. The van der Waals surface area contributed by atoms with Gasteiger partial charge in [0.05, 0.1) is 0 Å². The van der Waals surface area contributed by atoms with E-state index >= 15 is 0 Å². The molecule has 2 rings (SSSR count). The molecule has 16 heavy (non-hydrogen) atoms. The standard InChI is InChI=1S/C13H20N2O/c1-3-15(12-8-14-9-12)10(2)11-5-4-6-13(16)7-11/h4-7,10,12,14,16H,3,8-9H2,1-2H3. The zero-order chi connectivity index (χ0) is 11.5.